The molecule has 3 rings (SSSR count). The molecule has 0 radical (unpaired) electrons. The molecule has 0 amide bonds. The van der Waals surface area contributed by atoms with Crippen molar-refractivity contribution >= 4 is 11.5 Å². The van der Waals surface area contributed by atoms with Gasteiger partial charge in [-0.15, -0.1) is 0 Å². The molecule has 1 aromatic carbocycles. The molecule has 0 spiro atoms. The fourth-order valence-corrected chi connectivity index (χ4v) is 2.36. The summed E-state index contributed by atoms with van der Waals surface area (Å²) in [5.74, 6) is -0.663. The van der Waals surface area contributed by atoms with Crippen LogP contribution in [0.25, 0.3) is 5.57 Å². The van der Waals surface area contributed by atoms with Crippen molar-refractivity contribution < 1.29 is 13.9 Å². The average Bonchev–Trinajstić information content (AvgIpc) is 2.97. The van der Waals surface area contributed by atoms with E-state index in [9.17, 15) is 9.18 Å². The number of halogens is 1. The van der Waals surface area contributed by atoms with E-state index < -0.39 is 5.97 Å². The van der Waals surface area contributed by atoms with E-state index in [1.54, 1.807) is 12.1 Å². The predicted molar refractivity (Wildman–Crippen MR) is 69.3 cm³/mol. The van der Waals surface area contributed by atoms with Crippen LogP contribution >= 0.6 is 0 Å². The van der Waals surface area contributed by atoms with Crippen molar-refractivity contribution in [1.82, 2.24) is 4.98 Å². The van der Waals surface area contributed by atoms with Crippen LogP contribution in [0.1, 0.15) is 27.3 Å². The lowest BCUT2D eigenvalue weighted by Gasteiger charge is -2.02. The van der Waals surface area contributed by atoms with Gasteiger partial charge in [0.1, 0.15) is 11.5 Å². The third-order valence-electron chi connectivity index (χ3n) is 3.24. The molecule has 1 aliphatic rings. The first-order valence-corrected chi connectivity index (χ1v) is 5.95. The third kappa shape index (κ3) is 1.95. The number of ether oxygens (including phenoxy) is 1. The molecule has 2 aromatic rings. The van der Waals surface area contributed by atoms with Crippen LogP contribution in [-0.4, -0.2) is 18.1 Å². The molecule has 1 heterocycles. The van der Waals surface area contributed by atoms with Gasteiger partial charge in [0.25, 0.3) is 0 Å². The van der Waals surface area contributed by atoms with Crippen LogP contribution in [0.2, 0.25) is 0 Å². The number of benzene rings is 1. The lowest BCUT2D eigenvalue weighted by atomic mass is 10.0. The number of methoxy groups -OCH3 is 1. The largest absolute Gasteiger partial charge is 0.464 e. The van der Waals surface area contributed by atoms with Gasteiger partial charge >= 0.3 is 5.97 Å². The van der Waals surface area contributed by atoms with E-state index in [0.29, 0.717) is 12.1 Å². The molecule has 0 aliphatic heterocycles. The van der Waals surface area contributed by atoms with Crippen molar-refractivity contribution in [3.63, 3.8) is 0 Å². The lowest BCUT2D eigenvalue weighted by Crippen LogP contribution is -2.01. The molecule has 0 bridgehead atoms. The Morgan fingerprint density at radius 2 is 2.21 bits per heavy atom. The Labute approximate surface area is 109 Å². The molecule has 0 saturated carbocycles. The van der Waals surface area contributed by atoms with Crippen molar-refractivity contribution in [2.75, 3.05) is 7.11 Å². The minimum Gasteiger partial charge on any atom is -0.464 e. The van der Waals surface area contributed by atoms with Crippen LogP contribution in [0.5, 0.6) is 0 Å². The highest BCUT2D eigenvalue weighted by atomic mass is 19.1. The molecule has 0 saturated heterocycles. The maximum Gasteiger partial charge on any atom is 0.354 e. The van der Waals surface area contributed by atoms with Gasteiger partial charge < -0.3 is 9.72 Å². The van der Waals surface area contributed by atoms with E-state index in [1.807, 2.05) is 12.1 Å². The fraction of sp³-hybridized carbons (Fsp3) is 0.133. The van der Waals surface area contributed by atoms with E-state index in [0.717, 1.165) is 22.4 Å². The molecule has 1 N–H and O–H groups in total. The number of rotatable bonds is 2. The number of hydrogen-bond donors (Lipinski definition) is 1. The van der Waals surface area contributed by atoms with E-state index in [1.165, 1.54) is 19.2 Å². The second-order valence-electron chi connectivity index (χ2n) is 4.40. The Kier molecular flexibility index (Phi) is 2.71. The van der Waals surface area contributed by atoms with Gasteiger partial charge in [0.05, 0.1) is 7.11 Å². The van der Waals surface area contributed by atoms with Gasteiger partial charge in [-0.05, 0) is 29.3 Å². The van der Waals surface area contributed by atoms with Crippen LogP contribution < -0.4 is 0 Å². The van der Waals surface area contributed by atoms with Crippen molar-refractivity contribution in [1.29, 1.82) is 0 Å². The molecular formula is C15H12FNO2. The Balaban J connectivity index is 2.02. The molecule has 19 heavy (non-hydrogen) atoms. The number of carbonyl (C=O) groups excluding carboxylic acids is 1. The minimum absolute atomic E-state index is 0.268. The molecule has 3 nitrogen and oxygen atoms in total. The molecule has 4 heteroatoms. The summed E-state index contributed by atoms with van der Waals surface area (Å²) < 4.78 is 18.0. The Hall–Kier alpha value is -2.36. The van der Waals surface area contributed by atoms with E-state index >= 15 is 0 Å². The molecule has 1 aromatic heterocycles. The summed E-state index contributed by atoms with van der Waals surface area (Å²) in [4.78, 5) is 14.5. The van der Waals surface area contributed by atoms with Gasteiger partial charge in [0.2, 0.25) is 0 Å². The highest BCUT2D eigenvalue weighted by Gasteiger charge is 2.21. The fourth-order valence-electron chi connectivity index (χ4n) is 2.36. The van der Waals surface area contributed by atoms with Crippen LogP contribution in [-0.2, 0) is 11.2 Å². The van der Waals surface area contributed by atoms with Gasteiger partial charge in [-0.3, -0.25) is 0 Å². The molecule has 0 unspecified atom stereocenters. The van der Waals surface area contributed by atoms with Gasteiger partial charge in [-0.25, -0.2) is 9.18 Å². The monoisotopic (exact) mass is 257 g/mol. The van der Waals surface area contributed by atoms with Crippen molar-refractivity contribution in [2.24, 2.45) is 0 Å². The van der Waals surface area contributed by atoms with Gasteiger partial charge in [-0.1, -0.05) is 18.2 Å². The van der Waals surface area contributed by atoms with Crippen molar-refractivity contribution in [3.05, 3.63) is 64.7 Å². The summed E-state index contributed by atoms with van der Waals surface area (Å²) >= 11 is 0. The maximum atomic E-state index is 13.3. The summed E-state index contributed by atoms with van der Waals surface area (Å²) in [6.45, 7) is 0. The number of fused-ring (bicyclic) bond motifs is 1. The zero-order valence-corrected chi connectivity index (χ0v) is 10.4. The Morgan fingerprint density at radius 3 is 2.95 bits per heavy atom. The number of esters is 1. The normalized spacial score (nSPS) is 13.1. The highest BCUT2D eigenvalue weighted by Crippen LogP contribution is 2.33. The molecular weight excluding hydrogens is 245 g/mol. The smallest absolute Gasteiger partial charge is 0.354 e. The number of hydrogen-bond acceptors (Lipinski definition) is 2. The molecule has 1 aliphatic carbocycles. The standard InChI is InChI=1S/C15H12FNO2/c1-19-15(18)14-8-12-11(5-6-13(12)17-14)9-3-2-4-10(16)7-9/h2-5,7-8,17H,6H2,1H3. The number of nitrogens with one attached hydrogen (secondary N) is 1. The van der Waals surface area contributed by atoms with Crippen LogP contribution in [0.15, 0.2) is 36.4 Å². The van der Waals surface area contributed by atoms with Gasteiger partial charge in [-0.2, -0.15) is 0 Å². The SMILES string of the molecule is COC(=O)c1cc2c([nH]1)CC=C2c1cccc(F)c1. The van der Waals surface area contributed by atoms with Crippen LogP contribution in [0.3, 0.4) is 0 Å². The summed E-state index contributed by atoms with van der Waals surface area (Å²) in [6, 6.07) is 8.19. The maximum absolute atomic E-state index is 13.3. The number of H-pyrrole nitrogens is 1. The zero-order valence-electron chi connectivity index (χ0n) is 10.4. The summed E-state index contributed by atoms with van der Waals surface area (Å²) in [5, 5.41) is 0. The number of aromatic nitrogens is 1. The highest BCUT2D eigenvalue weighted by molar-refractivity contribution is 5.92. The molecule has 0 atom stereocenters. The van der Waals surface area contributed by atoms with Crippen LogP contribution in [0, 0.1) is 5.82 Å². The third-order valence-corrected chi connectivity index (χ3v) is 3.24. The lowest BCUT2D eigenvalue weighted by molar-refractivity contribution is 0.0594. The quantitative estimate of drug-likeness (QED) is 0.840. The Bertz CT molecular complexity index is 685. The van der Waals surface area contributed by atoms with Gasteiger partial charge in [0, 0.05) is 17.7 Å². The van der Waals surface area contributed by atoms with E-state index in [2.05, 4.69) is 9.72 Å². The first-order valence-electron chi connectivity index (χ1n) is 5.95. The minimum atomic E-state index is -0.395. The molecule has 0 fully saturated rings. The second-order valence-corrected chi connectivity index (χ2v) is 4.40. The average molecular weight is 257 g/mol. The Morgan fingerprint density at radius 1 is 1.37 bits per heavy atom. The summed E-state index contributed by atoms with van der Waals surface area (Å²) in [6.07, 6.45) is 2.73. The van der Waals surface area contributed by atoms with E-state index in [4.69, 9.17) is 0 Å². The first-order chi connectivity index (χ1) is 9.19. The van der Waals surface area contributed by atoms with E-state index in [-0.39, 0.29) is 5.82 Å². The number of aromatic amines is 1. The van der Waals surface area contributed by atoms with Gasteiger partial charge in [0.15, 0.2) is 0 Å². The number of allylic oxidation sites excluding steroid dienone is 1. The summed E-state index contributed by atoms with van der Waals surface area (Å²) in [5.41, 5.74) is 4.08. The summed E-state index contributed by atoms with van der Waals surface area (Å²) in [7, 11) is 1.34. The van der Waals surface area contributed by atoms with Crippen LogP contribution in [0.4, 0.5) is 4.39 Å². The number of carbonyl (C=O) groups is 1. The second kappa shape index (κ2) is 4.39. The topological polar surface area (TPSA) is 42.1 Å². The predicted octanol–water partition coefficient (Wildman–Crippen LogP) is 2.93. The zero-order chi connectivity index (χ0) is 13.4. The molecule has 96 valence electrons. The van der Waals surface area contributed by atoms with Crippen molar-refractivity contribution in [2.45, 2.75) is 6.42 Å². The van der Waals surface area contributed by atoms with Crippen molar-refractivity contribution in [3.8, 4) is 0 Å². The first kappa shape index (κ1) is 11.7.